The Morgan fingerprint density at radius 1 is 1.30 bits per heavy atom. The van der Waals surface area contributed by atoms with Crippen LogP contribution in [0.5, 0.6) is 0 Å². The van der Waals surface area contributed by atoms with Crippen molar-refractivity contribution < 1.29 is 4.79 Å². The quantitative estimate of drug-likeness (QED) is 0.852. The topological polar surface area (TPSA) is 32.3 Å². The fourth-order valence-electron chi connectivity index (χ4n) is 3.52. The van der Waals surface area contributed by atoms with Crippen molar-refractivity contribution in [3.8, 4) is 0 Å². The molecular formula is C17H24N2O. The SMILES string of the molecule is CC1CCCN(C(=O)C2Cc3ccccc3NC2C)C1. The zero-order chi connectivity index (χ0) is 14.1. The first-order valence-corrected chi connectivity index (χ1v) is 7.78. The van der Waals surface area contributed by atoms with Gasteiger partial charge in [-0.2, -0.15) is 0 Å². The second-order valence-electron chi connectivity index (χ2n) is 6.43. The summed E-state index contributed by atoms with van der Waals surface area (Å²) >= 11 is 0. The molecule has 0 spiro atoms. The summed E-state index contributed by atoms with van der Waals surface area (Å²) in [7, 11) is 0. The van der Waals surface area contributed by atoms with E-state index in [4.69, 9.17) is 0 Å². The third-order valence-corrected chi connectivity index (χ3v) is 4.73. The first-order valence-electron chi connectivity index (χ1n) is 7.78. The minimum absolute atomic E-state index is 0.0789. The van der Waals surface area contributed by atoms with Crippen molar-refractivity contribution in [2.24, 2.45) is 11.8 Å². The molecule has 0 saturated carbocycles. The van der Waals surface area contributed by atoms with Gasteiger partial charge >= 0.3 is 0 Å². The van der Waals surface area contributed by atoms with Crippen LogP contribution in [-0.2, 0) is 11.2 Å². The number of benzene rings is 1. The molecule has 2 aliphatic heterocycles. The molecule has 0 aliphatic carbocycles. The van der Waals surface area contributed by atoms with Crippen molar-refractivity contribution in [2.75, 3.05) is 18.4 Å². The lowest BCUT2D eigenvalue weighted by atomic mass is 9.86. The van der Waals surface area contributed by atoms with Crippen LogP contribution in [0.15, 0.2) is 24.3 Å². The molecule has 0 radical (unpaired) electrons. The third kappa shape index (κ3) is 2.54. The number of carbonyl (C=O) groups excluding carboxylic acids is 1. The summed E-state index contributed by atoms with van der Waals surface area (Å²) in [5.41, 5.74) is 2.46. The number of piperidine rings is 1. The number of hydrogen-bond donors (Lipinski definition) is 1. The number of carbonyl (C=O) groups is 1. The van der Waals surface area contributed by atoms with E-state index in [0.29, 0.717) is 11.8 Å². The van der Waals surface area contributed by atoms with Crippen LogP contribution in [0.2, 0.25) is 0 Å². The molecule has 2 aliphatic rings. The fraction of sp³-hybridized carbons (Fsp3) is 0.588. The summed E-state index contributed by atoms with van der Waals surface area (Å²) in [6, 6.07) is 8.56. The largest absolute Gasteiger partial charge is 0.382 e. The van der Waals surface area contributed by atoms with Crippen LogP contribution >= 0.6 is 0 Å². The van der Waals surface area contributed by atoms with Gasteiger partial charge in [0.25, 0.3) is 0 Å². The van der Waals surface area contributed by atoms with Gasteiger partial charge in [0.2, 0.25) is 5.91 Å². The Kier molecular flexibility index (Phi) is 3.68. The Labute approximate surface area is 121 Å². The average Bonchev–Trinajstić information content (AvgIpc) is 2.46. The lowest BCUT2D eigenvalue weighted by molar-refractivity contribution is -0.137. The number of rotatable bonds is 1. The lowest BCUT2D eigenvalue weighted by Gasteiger charge is -2.38. The Morgan fingerprint density at radius 3 is 2.90 bits per heavy atom. The van der Waals surface area contributed by atoms with Gasteiger partial charge in [0.05, 0.1) is 5.92 Å². The predicted octanol–water partition coefficient (Wildman–Crippen LogP) is 2.92. The molecule has 0 aromatic heterocycles. The maximum atomic E-state index is 12.8. The van der Waals surface area contributed by atoms with Crippen LogP contribution in [0.4, 0.5) is 5.69 Å². The molecule has 3 nitrogen and oxygen atoms in total. The fourth-order valence-corrected chi connectivity index (χ4v) is 3.52. The first kappa shape index (κ1) is 13.5. The van der Waals surface area contributed by atoms with Crippen LogP contribution in [0.25, 0.3) is 0 Å². The van der Waals surface area contributed by atoms with E-state index in [-0.39, 0.29) is 12.0 Å². The number of nitrogens with zero attached hydrogens (tertiary/aromatic N) is 1. The number of likely N-dealkylation sites (tertiary alicyclic amines) is 1. The highest BCUT2D eigenvalue weighted by Gasteiger charge is 2.34. The highest BCUT2D eigenvalue weighted by molar-refractivity contribution is 5.81. The van der Waals surface area contributed by atoms with Gasteiger partial charge in [-0.3, -0.25) is 4.79 Å². The molecule has 1 N–H and O–H groups in total. The van der Waals surface area contributed by atoms with E-state index >= 15 is 0 Å². The molecule has 20 heavy (non-hydrogen) atoms. The Balaban J connectivity index is 1.75. The second-order valence-corrected chi connectivity index (χ2v) is 6.43. The van der Waals surface area contributed by atoms with Crippen LogP contribution in [0, 0.1) is 11.8 Å². The molecular weight excluding hydrogens is 248 g/mol. The maximum Gasteiger partial charge on any atom is 0.228 e. The predicted molar refractivity (Wildman–Crippen MR) is 81.7 cm³/mol. The zero-order valence-corrected chi connectivity index (χ0v) is 12.4. The molecule has 3 rings (SSSR count). The normalized spacial score (nSPS) is 29.5. The molecule has 108 valence electrons. The number of fused-ring (bicyclic) bond motifs is 1. The highest BCUT2D eigenvalue weighted by atomic mass is 16.2. The minimum atomic E-state index is 0.0789. The summed E-state index contributed by atoms with van der Waals surface area (Å²) in [6.07, 6.45) is 3.27. The monoisotopic (exact) mass is 272 g/mol. The third-order valence-electron chi connectivity index (χ3n) is 4.73. The Morgan fingerprint density at radius 2 is 2.10 bits per heavy atom. The number of amides is 1. The van der Waals surface area contributed by atoms with Crippen LogP contribution in [0.3, 0.4) is 0 Å². The van der Waals surface area contributed by atoms with Gasteiger partial charge in [-0.15, -0.1) is 0 Å². The molecule has 0 bridgehead atoms. The second kappa shape index (κ2) is 5.47. The van der Waals surface area contributed by atoms with E-state index in [1.165, 1.54) is 17.7 Å². The van der Waals surface area contributed by atoms with Gasteiger partial charge in [-0.25, -0.2) is 0 Å². The van der Waals surface area contributed by atoms with Crippen LogP contribution in [0.1, 0.15) is 32.3 Å². The standard InChI is InChI=1S/C17H24N2O/c1-12-6-5-9-19(11-12)17(20)15-10-14-7-3-4-8-16(14)18-13(15)2/h3-4,7-8,12-13,15,18H,5-6,9-11H2,1-2H3. The van der Waals surface area contributed by atoms with E-state index in [9.17, 15) is 4.79 Å². The van der Waals surface area contributed by atoms with Gasteiger partial charge in [-0.1, -0.05) is 25.1 Å². The van der Waals surface area contributed by atoms with Gasteiger partial charge < -0.3 is 10.2 Å². The van der Waals surface area contributed by atoms with Crippen molar-refractivity contribution in [1.29, 1.82) is 0 Å². The molecule has 1 amide bonds. The first-order chi connectivity index (χ1) is 9.65. The summed E-state index contributed by atoms with van der Waals surface area (Å²) < 4.78 is 0. The summed E-state index contributed by atoms with van der Waals surface area (Å²) in [5.74, 6) is 1.06. The summed E-state index contributed by atoms with van der Waals surface area (Å²) in [4.78, 5) is 14.9. The zero-order valence-electron chi connectivity index (χ0n) is 12.4. The average molecular weight is 272 g/mol. The molecule has 2 heterocycles. The van der Waals surface area contributed by atoms with Crippen molar-refractivity contribution in [3.63, 3.8) is 0 Å². The van der Waals surface area contributed by atoms with Crippen molar-refractivity contribution in [1.82, 2.24) is 4.90 Å². The molecule has 1 fully saturated rings. The van der Waals surface area contributed by atoms with E-state index in [1.54, 1.807) is 0 Å². The van der Waals surface area contributed by atoms with Crippen molar-refractivity contribution in [3.05, 3.63) is 29.8 Å². The molecule has 3 unspecified atom stereocenters. The summed E-state index contributed by atoms with van der Waals surface area (Å²) in [5, 5.41) is 3.49. The summed E-state index contributed by atoms with van der Waals surface area (Å²) in [6.45, 7) is 6.25. The number of anilines is 1. The van der Waals surface area contributed by atoms with E-state index in [2.05, 4.69) is 42.3 Å². The minimum Gasteiger partial charge on any atom is -0.382 e. The van der Waals surface area contributed by atoms with Gasteiger partial charge in [0.1, 0.15) is 0 Å². The number of hydrogen-bond acceptors (Lipinski definition) is 2. The molecule has 1 aromatic rings. The van der Waals surface area contributed by atoms with Crippen molar-refractivity contribution in [2.45, 2.75) is 39.2 Å². The maximum absolute atomic E-state index is 12.8. The van der Waals surface area contributed by atoms with Crippen molar-refractivity contribution >= 4 is 11.6 Å². The molecule has 1 saturated heterocycles. The number of nitrogens with one attached hydrogen (secondary N) is 1. The highest BCUT2D eigenvalue weighted by Crippen LogP contribution is 2.30. The number of para-hydroxylation sites is 1. The molecule has 3 atom stereocenters. The van der Waals surface area contributed by atoms with Gasteiger partial charge in [0.15, 0.2) is 0 Å². The van der Waals surface area contributed by atoms with E-state index in [1.807, 2.05) is 6.07 Å². The molecule has 3 heteroatoms. The smallest absolute Gasteiger partial charge is 0.228 e. The van der Waals surface area contributed by atoms with Gasteiger partial charge in [0, 0.05) is 24.8 Å². The van der Waals surface area contributed by atoms with Crippen LogP contribution < -0.4 is 5.32 Å². The van der Waals surface area contributed by atoms with Gasteiger partial charge in [-0.05, 0) is 43.7 Å². The van der Waals surface area contributed by atoms with E-state index in [0.717, 1.165) is 25.9 Å². The molecule has 1 aromatic carbocycles. The Hall–Kier alpha value is -1.51. The lowest BCUT2D eigenvalue weighted by Crippen LogP contribution is -2.48. The Bertz CT molecular complexity index is 500. The van der Waals surface area contributed by atoms with Crippen LogP contribution in [-0.4, -0.2) is 29.9 Å². The van der Waals surface area contributed by atoms with E-state index < -0.39 is 0 Å².